The van der Waals surface area contributed by atoms with Crippen molar-refractivity contribution in [1.82, 2.24) is 10.3 Å². The van der Waals surface area contributed by atoms with E-state index in [0.717, 1.165) is 13.0 Å². The molecule has 0 radical (unpaired) electrons. The summed E-state index contributed by atoms with van der Waals surface area (Å²) in [6.07, 6.45) is 2.66. The molecule has 0 bridgehead atoms. The number of hydrogen-bond donors (Lipinski definition) is 2. The van der Waals surface area contributed by atoms with Gasteiger partial charge in [0.15, 0.2) is 0 Å². The van der Waals surface area contributed by atoms with Gasteiger partial charge in [-0.3, -0.25) is 4.79 Å². The Bertz CT molecular complexity index is 438. The molecule has 0 aromatic carbocycles. The van der Waals surface area contributed by atoms with Crippen LogP contribution in [0, 0.1) is 0 Å². The Morgan fingerprint density at radius 3 is 2.80 bits per heavy atom. The molecule has 0 unspecified atom stereocenters. The molecule has 6 heteroatoms. The van der Waals surface area contributed by atoms with Gasteiger partial charge >= 0.3 is 0 Å². The van der Waals surface area contributed by atoms with Crippen LogP contribution in [0.2, 0.25) is 5.02 Å². The molecular formula is C14H22ClN3O2. The number of hydrogen-bond acceptors (Lipinski definition) is 4. The summed E-state index contributed by atoms with van der Waals surface area (Å²) in [4.78, 5) is 16.0. The fraction of sp³-hybridized carbons (Fsp3) is 0.571. The lowest BCUT2D eigenvalue weighted by Crippen LogP contribution is -2.28. The summed E-state index contributed by atoms with van der Waals surface area (Å²) >= 11 is 6.08. The molecule has 0 aliphatic carbocycles. The Labute approximate surface area is 125 Å². The predicted octanol–water partition coefficient (Wildman–Crippen LogP) is 2.71. The number of pyridine rings is 1. The van der Waals surface area contributed by atoms with Crippen LogP contribution in [0.25, 0.3) is 0 Å². The summed E-state index contributed by atoms with van der Waals surface area (Å²) in [5.74, 6) is 0.405. The highest BCUT2D eigenvalue weighted by Gasteiger charge is 2.09. The van der Waals surface area contributed by atoms with Gasteiger partial charge in [0.25, 0.3) is 5.91 Å². The monoisotopic (exact) mass is 299 g/mol. The molecule has 0 spiro atoms. The van der Waals surface area contributed by atoms with Crippen molar-refractivity contribution in [2.45, 2.75) is 33.3 Å². The Hall–Kier alpha value is -1.33. The van der Waals surface area contributed by atoms with Crippen molar-refractivity contribution in [3.05, 3.63) is 22.8 Å². The van der Waals surface area contributed by atoms with Gasteiger partial charge in [-0.25, -0.2) is 4.98 Å². The molecule has 0 aliphatic rings. The van der Waals surface area contributed by atoms with Gasteiger partial charge in [0, 0.05) is 19.3 Å². The molecule has 112 valence electrons. The first-order valence-electron chi connectivity index (χ1n) is 6.83. The summed E-state index contributed by atoms with van der Waals surface area (Å²) in [5.41, 5.74) is 0.446. The van der Waals surface area contributed by atoms with Crippen LogP contribution in [0.1, 0.15) is 37.6 Å². The van der Waals surface area contributed by atoms with E-state index in [1.54, 1.807) is 6.07 Å². The van der Waals surface area contributed by atoms with Crippen LogP contribution in [0.15, 0.2) is 12.3 Å². The average Bonchev–Trinajstić information content (AvgIpc) is 2.41. The number of ether oxygens (including phenoxy) is 1. The average molecular weight is 300 g/mol. The second kappa shape index (κ2) is 8.76. The highest BCUT2D eigenvalue weighted by Crippen LogP contribution is 2.19. The molecule has 0 aliphatic heterocycles. The maximum atomic E-state index is 11.9. The summed E-state index contributed by atoms with van der Waals surface area (Å²) in [5, 5.41) is 6.31. The zero-order valence-corrected chi connectivity index (χ0v) is 13.0. The third-order valence-electron chi connectivity index (χ3n) is 2.48. The number of halogens is 1. The molecule has 0 fully saturated rings. The van der Waals surface area contributed by atoms with Crippen LogP contribution in [-0.2, 0) is 4.74 Å². The van der Waals surface area contributed by atoms with Crippen molar-refractivity contribution in [2.75, 3.05) is 25.0 Å². The Morgan fingerprint density at radius 1 is 1.45 bits per heavy atom. The molecular weight excluding hydrogens is 278 g/mol. The molecule has 1 amide bonds. The zero-order valence-electron chi connectivity index (χ0n) is 12.2. The summed E-state index contributed by atoms with van der Waals surface area (Å²) in [7, 11) is 0. The first-order chi connectivity index (χ1) is 9.54. The molecule has 0 saturated heterocycles. The van der Waals surface area contributed by atoms with Gasteiger partial charge in [0.1, 0.15) is 5.82 Å². The van der Waals surface area contributed by atoms with Gasteiger partial charge in [0.05, 0.1) is 23.3 Å². The van der Waals surface area contributed by atoms with Crippen LogP contribution in [-0.4, -0.2) is 36.7 Å². The fourth-order valence-corrected chi connectivity index (χ4v) is 1.73. The van der Waals surface area contributed by atoms with Crippen molar-refractivity contribution in [2.24, 2.45) is 0 Å². The summed E-state index contributed by atoms with van der Waals surface area (Å²) in [6.45, 7) is 7.71. The van der Waals surface area contributed by atoms with Gasteiger partial charge in [-0.05, 0) is 26.3 Å². The minimum atomic E-state index is -0.200. The Balaban J connectivity index is 2.50. The number of carbonyl (C=O) groups excluding carboxylic acids is 1. The number of amides is 1. The molecule has 5 nitrogen and oxygen atoms in total. The van der Waals surface area contributed by atoms with E-state index in [1.807, 2.05) is 13.8 Å². The van der Waals surface area contributed by atoms with Crippen LogP contribution < -0.4 is 10.6 Å². The first-order valence-corrected chi connectivity index (χ1v) is 7.21. The number of rotatable bonds is 8. The second-order valence-electron chi connectivity index (χ2n) is 4.66. The third-order valence-corrected chi connectivity index (χ3v) is 2.77. The van der Waals surface area contributed by atoms with Crippen LogP contribution in [0.3, 0.4) is 0 Å². The second-order valence-corrected chi connectivity index (χ2v) is 5.06. The first kappa shape index (κ1) is 16.7. The summed E-state index contributed by atoms with van der Waals surface area (Å²) in [6, 6.07) is 1.62. The molecule has 1 aromatic heterocycles. The minimum Gasteiger partial charge on any atom is -0.377 e. The Kier molecular flexibility index (Phi) is 7.33. The van der Waals surface area contributed by atoms with Crippen LogP contribution in [0.4, 0.5) is 5.82 Å². The Morgan fingerprint density at radius 2 is 2.20 bits per heavy atom. The van der Waals surface area contributed by atoms with Crippen molar-refractivity contribution >= 4 is 23.3 Å². The van der Waals surface area contributed by atoms with E-state index in [0.29, 0.717) is 29.6 Å². The van der Waals surface area contributed by atoms with Gasteiger partial charge in [0.2, 0.25) is 0 Å². The maximum Gasteiger partial charge on any atom is 0.252 e. The number of nitrogens with one attached hydrogen (secondary N) is 2. The summed E-state index contributed by atoms with van der Waals surface area (Å²) < 4.78 is 5.35. The molecule has 0 saturated carbocycles. The van der Waals surface area contributed by atoms with Gasteiger partial charge in [-0.2, -0.15) is 0 Å². The van der Waals surface area contributed by atoms with Crippen molar-refractivity contribution in [3.8, 4) is 0 Å². The van der Waals surface area contributed by atoms with Crippen LogP contribution in [0.5, 0.6) is 0 Å². The molecule has 2 N–H and O–H groups in total. The minimum absolute atomic E-state index is 0.159. The number of nitrogens with zero attached hydrogens (tertiary/aromatic N) is 1. The van der Waals surface area contributed by atoms with Crippen molar-refractivity contribution < 1.29 is 9.53 Å². The van der Waals surface area contributed by atoms with E-state index >= 15 is 0 Å². The fourth-order valence-electron chi connectivity index (χ4n) is 1.50. The predicted molar refractivity (Wildman–Crippen MR) is 81.4 cm³/mol. The van der Waals surface area contributed by atoms with E-state index in [9.17, 15) is 4.79 Å². The van der Waals surface area contributed by atoms with Gasteiger partial charge < -0.3 is 15.4 Å². The molecule has 1 aromatic rings. The standard InChI is InChI=1S/C14H22ClN3O2/c1-4-5-16-13-12(15)8-11(9-18-13)14(19)17-6-7-20-10(2)3/h8-10H,4-7H2,1-3H3,(H,16,18)(H,17,19). The lowest BCUT2D eigenvalue weighted by atomic mass is 10.2. The zero-order chi connectivity index (χ0) is 15.0. The van der Waals surface area contributed by atoms with E-state index in [1.165, 1.54) is 6.20 Å². The largest absolute Gasteiger partial charge is 0.377 e. The number of aromatic nitrogens is 1. The van der Waals surface area contributed by atoms with Gasteiger partial charge in [-0.15, -0.1) is 0 Å². The molecule has 1 rings (SSSR count). The number of anilines is 1. The maximum absolute atomic E-state index is 11.9. The topological polar surface area (TPSA) is 63.2 Å². The van der Waals surface area contributed by atoms with Crippen molar-refractivity contribution in [3.63, 3.8) is 0 Å². The third kappa shape index (κ3) is 5.75. The van der Waals surface area contributed by atoms with E-state index in [2.05, 4.69) is 22.5 Å². The lowest BCUT2D eigenvalue weighted by Gasteiger charge is -2.10. The van der Waals surface area contributed by atoms with Crippen molar-refractivity contribution in [1.29, 1.82) is 0 Å². The normalized spacial score (nSPS) is 10.7. The molecule has 20 heavy (non-hydrogen) atoms. The molecule has 1 heterocycles. The smallest absolute Gasteiger partial charge is 0.252 e. The van der Waals surface area contributed by atoms with Gasteiger partial charge in [-0.1, -0.05) is 18.5 Å². The van der Waals surface area contributed by atoms with Crippen LogP contribution >= 0.6 is 11.6 Å². The van der Waals surface area contributed by atoms with E-state index < -0.39 is 0 Å². The highest BCUT2D eigenvalue weighted by atomic mass is 35.5. The van der Waals surface area contributed by atoms with E-state index in [4.69, 9.17) is 16.3 Å². The SMILES string of the molecule is CCCNc1ncc(C(=O)NCCOC(C)C)cc1Cl. The molecule has 0 atom stereocenters. The lowest BCUT2D eigenvalue weighted by molar-refractivity contribution is 0.0746. The highest BCUT2D eigenvalue weighted by molar-refractivity contribution is 6.33. The van der Waals surface area contributed by atoms with E-state index in [-0.39, 0.29) is 12.0 Å². The quantitative estimate of drug-likeness (QED) is 0.725. The number of carbonyl (C=O) groups is 1.